The minimum Gasteiger partial charge on any atom is -0.492 e. The highest BCUT2D eigenvalue weighted by atomic mass is 32.2. The van der Waals surface area contributed by atoms with Gasteiger partial charge in [0.15, 0.2) is 6.61 Å². The van der Waals surface area contributed by atoms with Gasteiger partial charge < -0.3 is 14.4 Å². The third-order valence-corrected chi connectivity index (χ3v) is 8.18. The summed E-state index contributed by atoms with van der Waals surface area (Å²) in [5.41, 5.74) is 3.32. The van der Waals surface area contributed by atoms with Gasteiger partial charge in [-0.3, -0.25) is 13.9 Å². The van der Waals surface area contributed by atoms with Gasteiger partial charge >= 0.3 is 0 Å². The van der Waals surface area contributed by atoms with Crippen LogP contribution >= 0.6 is 0 Å². The summed E-state index contributed by atoms with van der Waals surface area (Å²) in [5.74, 6) is 0.227. The summed E-state index contributed by atoms with van der Waals surface area (Å²) >= 11 is 0. The zero-order valence-corrected chi connectivity index (χ0v) is 23.8. The van der Waals surface area contributed by atoms with E-state index in [-0.39, 0.29) is 23.1 Å². The lowest BCUT2D eigenvalue weighted by molar-refractivity contribution is -0.134. The number of ether oxygens (including phenoxy) is 2. The van der Waals surface area contributed by atoms with Gasteiger partial charge in [0.1, 0.15) is 18.0 Å². The average molecular weight is 579 g/mol. The smallest absolute Gasteiger partial charge is 0.264 e. The Kier molecular flexibility index (Phi) is 10.3. The fourth-order valence-electron chi connectivity index (χ4n) is 4.33. The van der Waals surface area contributed by atoms with Crippen LogP contribution in [0.2, 0.25) is 0 Å². The Morgan fingerprint density at radius 2 is 1.61 bits per heavy atom. The molecular weight excluding hydrogens is 544 g/mol. The van der Waals surface area contributed by atoms with Crippen molar-refractivity contribution in [2.45, 2.75) is 31.1 Å². The first-order chi connectivity index (χ1) is 19.9. The van der Waals surface area contributed by atoms with E-state index in [1.54, 1.807) is 73.7 Å². The number of hydrogen-bond donors (Lipinski definition) is 1. The second kappa shape index (κ2) is 14.3. The molecule has 0 radical (unpaired) electrons. The van der Waals surface area contributed by atoms with E-state index in [0.717, 1.165) is 36.7 Å². The molecule has 4 rings (SSSR count). The molecule has 1 heterocycles. The van der Waals surface area contributed by atoms with E-state index in [9.17, 15) is 18.0 Å². The summed E-state index contributed by atoms with van der Waals surface area (Å²) in [4.78, 5) is 27.0. The molecule has 1 aliphatic heterocycles. The van der Waals surface area contributed by atoms with Crippen LogP contribution in [-0.2, 0) is 19.6 Å². The van der Waals surface area contributed by atoms with Crippen LogP contribution in [0.5, 0.6) is 11.5 Å². The number of sulfonamides is 1. The molecule has 0 bridgehead atoms. The lowest BCUT2D eigenvalue weighted by atomic mass is 10.1. The van der Waals surface area contributed by atoms with Gasteiger partial charge in [0.25, 0.3) is 21.8 Å². The molecule has 1 aliphatic rings. The molecule has 0 aromatic heterocycles. The predicted molar refractivity (Wildman–Crippen MR) is 157 cm³/mol. The number of nitrogens with zero attached hydrogens (tertiary/aromatic N) is 3. The van der Waals surface area contributed by atoms with Crippen molar-refractivity contribution in [2.75, 3.05) is 37.2 Å². The van der Waals surface area contributed by atoms with E-state index in [2.05, 4.69) is 10.5 Å². The van der Waals surface area contributed by atoms with Gasteiger partial charge in [-0.1, -0.05) is 30.3 Å². The summed E-state index contributed by atoms with van der Waals surface area (Å²) in [7, 11) is -4.09. The summed E-state index contributed by atoms with van der Waals surface area (Å²) in [6.07, 6.45) is 4.64. The summed E-state index contributed by atoms with van der Waals surface area (Å²) in [5, 5.41) is 3.99. The quantitative estimate of drug-likeness (QED) is 0.258. The van der Waals surface area contributed by atoms with Crippen molar-refractivity contribution in [1.29, 1.82) is 0 Å². The van der Waals surface area contributed by atoms with Crippen molar-refractivity contribution >= 4 is 33.7 Å². The van der Waals surface area contributed by atoms with Crippen LogP contribution in [0.4, 0.5) is 5.69 Å². The maximum absolute atomic E-state index is 13.6. The van der Waals surface area contributed by atoms with Gasteiger partial charge in [0.05, 0.1) is 23.4 Å². The molecule has 1 N–H and O–H groups in total. The monoisotopic (exact) mass is 578 g/mol. The van der Waals surface area contributed by atoms with Crippen LogP contribution in [-0.4, -0.2) is 64.2 Å². The fourth-order valence-corrected chi connectivity index (χ4v) is 5.79. The van der Waals surface area contributed by atoms with E-state index in [0.29, 0.717) is 23.7 Å². The van der Waals surface area contributed by atoms with Crippen LogP contribution < -0.4 is 19.2 Å². The number of hydrogen-bond acceptors (Lipinski definition) is 7. The Bertz CT molecular complexity index is 1440. The van der Waals surface area contributed by atoms with Gasteiger partial charge in [-0.2, -0.15) is 5.10 Å². The third-order valence-electron chi connectivity index (χ3n) is 6.41. The van der Waals surface area contributed by atoms with E-state index < -0.39 is 22.5 Å². The van der Waals surface area contributed by atoms with Crippen molar-refractivity contribution in [1.82, 2.24) is 10.3 Å². The first kappa shape index (κ1) is 29.6. The lowest BCUT2D eigenvalue weighted by Gasteiger charge is -2.26. The Balaban J connectivity index is 1.39. The van der Waals surface area contributed by atoms with Crippen LogP contribution in [0.15, 0.2) is 88.9 Å². The van der Waals surface area contributed by atoms with E-state index in [4.69, 9.17) is 9.47 Å². The number of likely N-dealkylation sites (tertiary alicyclic amines) is 1. The maximum Gasteiger partial charge on any atom is 0.264 e. The topological polar surface area (TPSA) is 118 Å². The normalized spacial score (nSPS) is 13.5. The molecule has 3 aromatic rings. The molecule has 0 saturated carbocycles. The third kappa shape index (κ3) is 8.07. The minimum absolute atomic E-state index is 0.0156. The number of piperidine rings is 1. The SMILES string of the molecule is CCOc1ccccc1N(CC(=O)N/N=C\c1ccc(OCC(=O)N2CCCCC2)cc1)S(=O)(=O)c1ccccc1. The first-order valence-corrected chi connectivity index (χ1v) is 14.9. The van der Waals surface area contributed by atoms with Crippen molar-refractivity contribution < 1.29 is 27.5 Å². The van der Waals surface area contributed by atoms with E-state index in [1.165, 1.54) is 18.3 Å². The van der Waals surface area contributed by atoms with Crippen LogP contribution in [0.3, 0.4) is 0 Å². The highest BCUT2D eigenvalue weighted by Crippen LogP contribution is 2.32. The van der Waals surface area contributed by atoms with Crippen LogP contribution in [0.25, 0.3) is 0 Å². The number of hydrazone groups is 1. The average Bonchev–Trinajstić information content (AvgIpc) is 3.00. The molecule has 10 nitrogen and oxygen atoms in total. The first-order valence-electron chi connectivity index (χ1n) is 13.5. The Morgan fingerprint density at radius 1 is 0.927 bits per heavy atom. The number of amides is 2. The summed E-state index contributed by atoms with van der Waals surface area (Å²) in [6.45, 7) is 3.14. The van der Waals surface area contributed by atoms with Gasteiger partial charge in [0.2, 0.25) is 0 Å². The number of carbonyl (C=O) groups is 2. The molecular formula is C30H34N4O6S. The maximum atomic E-state index is 13.6. The molecule has 0 unspecified atom stereocenters. The summed E-state index contributed by atoms with van der Waals surface area (Å²) in [6, 6.07) is 21.4. The van der Waals surface area contributed by atoms with Gasteiger partial charge in [-0.05, 0) is 80.3 Å². The fraction of sp³-hybridized carbons (Fsp3) is 0.300. The molecule has 1 saturated heterocycles. The number of para-hydroxylation sites is 2. The van der Waals surface area contributed by atoms with E-state index >= 15 is 0 Å². The predicted octanol–water partition coefficient (Wildman–Crippen LogP) is 3.82. The molecule has 0 aliphatic carbocycles. The Labute approximate surface area is 240 Å². The largest absolute Gasteiger partial charge is 0.492 e. The van der Waals surface area contributed by atoms with Crippen molar-refractivity contribution in [3.8, 4) is 11.5 Å². The van der Waals surface area contributed by atoms with Gasteiger partial charge in [-0.15, -0.1) is 0 Å². The summed E-state index contributed by atoms with van der Waals surface area (Å²) < 4.78 is 39.4. The number of rotatable bonds is 12. The number of nitrogens with one attached hydrogen (secondary N) is 1. The molecule has 3 aromatic carbocycles. The van der Waals surface area contributed by atoms with Crippen LogP contribution in [0.1, 0.15) is 31.7 Å². The minimum atomic E-state index is -4.09. The second-order valence-corrected chi connectivity index (χ2v) is 11.2. The Hall–Kier alpha value is -4.38. The number of carbonyl (C=O) groups excluding carboxylic acids is 2. The molecule has 41 heavy (non-hydrogen) atoms. The van der Waals surface area contributed by atoms with Crippen molar-refractivity contribution in [3.05, 3.63) is 84.4 Å². The van der Waals surface area contributed by atoms with Gasteiger partial charge in [0, 0.05) is 13.1 Å². The van der Waals surface area contributed by atoms with Crippen molar-refractivity contribution in [2.24, 2.45) is 5.10 Å². The standard InChI is InChI=1S/C30H34N4O6S/c1-2-39-28-14-8-7-13-27(28)34(41(37,38)26-11-5-3-6-12-26)22-29(35)32-31-21-24-15-17-25(18-16-24)40-23-30(36)33-19-9-4-10-20-33/h3,5-8,11-18,21H,2,4,9-10,19-20,22-23H2,1H3,(H,32,35)/b31-21-. The zero-order valence-electron chi connectivity index (χ0n) is 22.9. The molecule has 2 amide bonds. The molecule has 0 spiro atoms. The van der Waals surface area contributed by atoms with Crippen molar-refractivity contribution in [3.63, 3.8) is 0 Å². The van der Waals surface area contributed by atoms with Crippen LogP contribution in [0, 0.1) is 0 Å². The highest BCUT2D eigenvalue weighted by Gasteiger charge is 2.29. The van der Waals surface area contributed by atoms with Gasteiger partial charge in [-0.25, -0.2) is 13.8 Å². The lowest BCUT2D eigenvalue weighted by Crippen LogP contribution is -2.39. The molecule has 11 heteroatoms. The number of benzene rings is 3. The van der Waals surface area contributed by atoms with E-state index in [1.807, 2.05) is 4.90 Å². The molecule has 1 fully saturated rings. The zero-order chi connectivity index (χ0) is 29.1. The number of anilines is 1. The molecule has 216 valence electrons. The molecule has 0 atom stereocenters. The second-order valence-electron chi connectivity index (χ2n) is 9.32. The highest BCUT2D eigenvalue weighted by molar-refractivity contribution is 7.92. The Morgan fingerprint density at radius 3 is 2.32 bits per heavy atom.